The Kier molecular flexibility index (Phi) is 7.80. The number of Topliss-reactive ketones (excluding diaryl/α,β-unsaturated/α-hetero) is 1. The first kappa shape index (κ1) is 27.0. The van der Waals surface area contributed by atoms with Crippen LogP contribution in [0.3, 0.4) is 0 Å². The maximum atomic E-state index is 14.7. The minimum absolute atomic E-state index is 0.0747. The second-order valence-electron chi connectivity index (χ2n) is 16.8. The van der Waals surface area contributed by atoms with E-state index in [1.165, 1.54) is 0 Å². The van der Waals surface area contributed by atoms with E-state index in [1.54, 1.807) is 55.4 Å². The fraction of sp³-hybridized carbons (Fsp3) is 0.861. The number of nitrogens with zero attached hydrogens (tertiary/aromatic N) is 1. The number of sulfone groups is 1. The van der Waals surface area contributed by atoms with E-state index in [4.69, 9.17) is 13.7 Å². The van der Waals surface area contributed by atoms with Crippen LogP contribution in [0.5, 0.6) is 0 Å². The smallest absolute Gasteiger partial charge is 0.315 e. The lowest BCUT2D eigenvalue weighted by atomic mass is 9.83. The van der Waals surface area contributed by atoms with Gasteiger partial charge in [0.15, 0.2) is 9.84 Å². The van der Waals surface area contributed by atoms with Gasteiger partial charge in [-0.3, -0.25) is 19.2 Å². The van der Waals surface area contributed by atoms with Gasteiger partial charge in [-0.15, -0.1) is 0 Å². The van der Waals surface area contributed by atoms with Gasteiger partial charge in [-0.1, -0.05) is 73.5 Å². The van der Waals surface area contributed by atoms with Crippen molar-refractivity contribution in [3.8, 4) is 0 Å². The van der Waals surface area contributed by atoms with Crippen LogP contribution in [0.4, 0.5) is 4.79 Å². The monoisotopic (exact) mass is 717 g/mol. The van der Waals surface area contributed by atoms with Gasteiger partial charge in [-0.05, 0) is 75.5 Å². The van der Waals surface area contributed by atoms with Crippen LogP contribution in [-0.2, 0) is 29.0 Å². The maximum absolute atomic E-state index is 14.7. The first-order valence-corrected chi connectivity index (χ1v) is 18.8. The maximum Gasteiger partial charge on any atom is 0.315 e. The number of rotatable bonds is 13. The van der Waals surface area contributed by atoms with Gasteiger partial charge < -0.3 is 26.2 Å². The summed E-state index contributed by atoms with van der Waals surface area (Å²) in [4.78, 5) is 71.1. The number of carbonyl (C=O) groups is 5. The van der Waals surface area contributed by atoms with E-state index in [1.807, 2.05) is 5.32 Å². The molecule has 0 radical (unpaired) electrons. The molecule has 49 heavy (non-hydrogen) atoms. The highest BCUT2D eigenvalue weighted by molar-refractivity contribution is 7.92. The number of nitrogens with one attached hydrogen (secondary N) is 4. The zero-order valence-electron chi connectivity index (χ0n) is 40.0. The van der Waals surface area contributed by atoms with Crippen LogP contribution in [-0.4, -0.2) is 89.6 Å². The van der Waals surface area contributed by atoms with Crippen molar-refractivity contribution in [1.82, 2.24) is 26.2 Å². The van der Waals surface area contributed by atoms with Crippen molar-refractivity contribution in [1.29, 1.82) is 0 Å². The van der Waals surface area contributed by atoms with E-state index in [-0.39, 0.29) is 18.2 Å². The topological polar surface area (TPSA) is 171 Å². The van der Waals surface area contributed by atoms with Crippen molar-refractivity contribution in [2.45, 2.75) is 161 Å². The van der Waals surface area contributed by atoms with Gasteiger partial charge >= 0.3 is 6.03 Å². The molecular formula is C36H61N5O7S. The zero-order valence-corrected chi connectivity index (χ0v) is 30.8. The number of hydrogen-bond donors (Lipinski definition) is 4. The van der Waals surface area contributed by atoms with Gasteiger partial charge in [0.25, 0.3) is 5.91 Å². The van der Waals surface area contributed by atoms with E-state index < -0.39 is 117 Å². The first-order chi connectivity index (χ1) is 26.3. The van der Waals surface area contributed by atoms with Crippen molar-refractivity contribution < 1.29 is 46.1 Å². The van der Waals surface area contributed by atoms with E-state index in [2.05, 4.69) is 16.0 Å². The average molecular weight is 718 g/mol. The van der Waals surface area contributed by atoms with Gasteiger partial charge in [0, 0.05) is 24.9 Å². The lowest BCUT2D eigenvalue weighted by molar-refractivity contribution is -0.145. The number of hydrogen-bond acceptors (Lipinski definition) is 7. The molecule has 4 N–H and O–H groups in total. The molecule has 0 spiro atoms. The number of fused-ring (bicyclic) bond motifs is 1. The first-order valence-electron chi connectivity index (χ1n) is 22.1. The zero-order chi connectivity index (χ0) is 45.5. The molecule has 3 aliphatic carbocycles. The van der Waals surface area contributed by atoms with Crippen molar-refractivity contribution in [2.24, 2.45) is 22.7 Å². The minimum atomic E-state index is -4.24. The van der Waals surface area contributed by atoms with Crippen LogP contribution in [0.1, 0.15) is 140 Å². The summed E-state index contributed by atoms with van der Waals surface area (Å²) in [5.74, 6) is -7.12. The average Bonchev–Trinajstić information content (AvgIpc) is 3.91. The molecule has 0 unspecified atom stereocenters. The highest BCUT2D eigenvalue weighted by Crippen LogP contribution is 2.65. The number of likely N-dealkylation sites (tertiary alicyclic amines) is 1. The molecule has 4 aliphatic rings. The molecule has 0 aromatic carbocycles. The Balaban J connectivity index is 1.71. The minimum Gasteiger partial charge on any atom is -0.347 e. The largest absolute Gasteiger partial charge is 0.347 e. The third kappa shape index (κ3) is 8.79. The Labute approximate surface area is 307 Å². The Bertz CT molecular complexity index is 1820. The van der Waals surface area contributed by atoms with E-state index in [9.17, 15) is 32.4 Å². The molecule has 5 atom stereocenters. The number of piperidine rings is 1. The molecule has 0 aromatic rings. The van der Waals surface area contributed by atoms with E-state index >= 15 is 0 Å². The lowest BCUT2D eigenvalue weighted by Crippen LogP contribution is -2.64. The third-order valence-electron chi connectivity index (χ3n) is 10.6. The summed E-state index contributed by atoms with van der Waals surface area (Å²) in [5.41, 5.74) is -2.80. The molecule has 1 aliphatic heterocycles. The summed E-state index contributed by atoms with van der Waals surface area (Å²) >= 11 is 0. The van der Waals surface area contributed by atoms with E-state index in [0.717, 1.165) is 11.3 Å². The van der Waals surface area contributed by atoms with Crippen molar-refractivity contribution in [3.63, 3.8) is 0 Å². The summed E-state index contributed by atoms with van der Waals surface area (Å²) in [7, 11) is -3.71. The molecule has 13 heteroatoms. The summed E-state index contributed by atoms with van der Waals surface area (Å²) in [5, 5.41) is 9.70. The van der Waals surface area contributed by atoms with Crippen LogP contribution in [0, 0.1) is 22.7 Å². The Hall–Kier alpha value is -2.70. The van der Waals surface area contributed by atoms with Crippen molar-refractivity contribution >= 4 is 39.4 Å². The van der Waals surface area contributed by atoms with Gasteiger partial charge in [0.1, 0.15) is 12.1 Å². The standard InChI is InChI=1S/C36H61N5O7S/c1-10-11-15-24(27(42)30(44)37-22-16-17-22)38-29(43)26-25-23(35(25,8)9)20-41(26)31(45)28(33(2,3)4)39-32(46)40-36(18-13-12-14-19-36)21-49(47,48)34(5,6)7/h22-26,28H,10-21H2,1-9H3,(H,37,44)(H,38,43)(H2,39,40,46)/t23-,24-,25-,26-,28+/m0/s1/i1D3,10D2,11D2,15D2,24D. The van der Waals surface area contributed by atoms with Crippen LogP contribution < -0.4 is 21.3 Å². The van der Waals surface area contributed by atoms with Crippen LogP contribution in [0.25, 0.3) is 0 Å². The Morgan fingerprint density at radius 2 is 1.63 bits per heavy atom. The predicted octanol–water partition coefficient (Wildman–Crippen LogP) is 3.62. The van der Waals surface area contributed by atoms with Gasteiger partial charge in [-0.25, -0.2) is 13.2 Å². The molecule has 12 nitrogen and oxygen atoms in total. The molecule has 0 bridgehead atoms. The molecule has 3 saturated carbocycles. The molecule has 0 aromatic heterocycles. The summed E-state index contributed by atoms with van der Waals surface area (Å²) in [6.07, 6.45) is -8.74. The third-order valence-corrected chi connectivity index (χ3v) is 13.4. The number of carbonyl (C=O) groups excluding carboxylic acids is 5. The Morgan fingerprint density at radius 1 is 1.00 bits per heavy atom. The molecule has 4 fully saturated rings. The molecule has 5 amide bonds. The highest BCUT2D eigenvalue weighted by Gasteiger charge is 2.70. The second-order valence-corrected chi connectivity index (χ2v) is 19.6. The van der Waals surface area contributed by atoms with E-state index in [0.29, 0.717) is 38.5 Å². The predicted molar refractivity (Wildman–Crippen MR) is 188 cm³/mol. The normalized spacial score (nSPS) is 30.5. The van der Waals surface area contributed by atoms with Gasteiger partial charge in [0.05, 0.1) is 23.4 Å². The van der Waals surface area contributed by atoms with Gasteiger partial charge in [0.2, 0.25) is 17.6 Å². The van der Waals surface area contributed by atoms with Crippen molar-refractivity contribution in [2.75, 3.05) is 12.3 Å². The SMILES string of the molecule is [2H]C([2H])([2H])C([2H])([2H])C([2H])([2H])C([2H])([2H])[C@]([2H])(NC(=O)[C@@H]1[C@@H]2[C@H](CN1C(=O)[C@@H](NC(=O)NC1(CS(=O)(=O)C(C)(C)C)CCCCC1)C(C)(C)C)C2(C)C)C(=O)C(=O)NC1CC1. The summed E-state index contributed by atoms with van der Waals surface area (Å²) in [6.45, 7) is 9.33. The Morgan fingerprint density at radius 3 is 2.18 bits per heavy atom. The molecular weight excluding hydrogens is 646 g/mol. The molecule has 4 rings (SSSR count). The van der Waals surface area contributed by atoms with Crippen LogP contribution in [0.15, 0.2) is 0 Å². The van der Waals surface area contributed by atoms with Gasteiger partial charge in [-0.2, -0.15) is 0 Å². The fourth-order valence-corrected chi connectivity index (χ4v) is 8.70. The molecule has 1 saturated heterocycles. The molecule has 1 heterocycles. The number of amides is 5. The second kappa shape index (κ2) is 14.1. The number of ketones is 1. The van der Waals surface area contributed by atoms with Crippen LogP contribution >= 0.6 is 0 Å². The molecule has 278 valence electrons. The quantitative estimate of drug-likeness (QED) is 0.211. The lowest BCUT2D eigenvalue weighted by Gasteiger charge is -2.41. The summed E-state index contributed by atoms with van der Waals surface area (Å²) in [6, 6.07) is -8.28. The number of urea groups is 1. The van der Waals surface area contributed by atoms with Crippen LogP contribution in [0.2, 0.25) is 0 Å². The summed E-state index contributed by atoms with van der Waals surface area (Å²) < 4.78 is 108. The highest BCUT2D eigenvalue weighted by atomic mass is 32.2. The van der Waals surface area contributed by atoms with Crippen molar-refractivity contribution in [3.05, 3.63) is 0 Å². The fourth-order valence-electron chi connectivity index (χ4n) is 7.18.